The number of aromatic amines is 1. The third-order valence-electron chi connectivity index (χ3n) is 16.8. The van der Waals surface area contributed by atoms with Crippen molar-refractivity contribution in [2.45, 2.75) is 128 Å². The van der Waals surface area contributed by atoms with Crippen LogP contribution in [0.2, 0.25) is 0 Å². The number of ether oxygens (including phenoxy) is 2. The molecule has 1 aromatic carbocycles. The van der Waals surface area contributed by atoms with E-state index >= 15 is 0 Å². The number of imidazole rings is 1. The van der Waals surface area contributed by atoms with Crippen molar-refractivity contribution >= 4 is 40.7 Å². The summed E-state index contributed by atoms with van der Waals surface area (Å²) in [5.74, 6) is 0.960. The highest BCUT2D eigenvalue weighted by atomic mass is 16.5. The van der Waals surface area contributed by atoms with E-state index in [2.05, 4.69) is 59.3 Å². The molecule has 16 nitrogen and oxygen atoms in total. The summed E-state index contributed by atoms with van der Waals surface area (Å²) >= 11 is 0. The van der Waals surface area contributed by atoms with Gasteiger partial charge in [0.2, 0.25) is 17.7 Å². The van der Waals surface area contributed by atoms with E-state index in [1.807, 2.05) is 34.7 Å². The first-order chi connectivity index (χ1) is 33.0. The fraction of sp³-hybridized carbons (Fsp3) is 0.692. The number of carbonyl (C=O) groups excluding carboxylic acids is 4. The molecule has 2 N–H and O–H groups in total. The van der Waals surface area contributed by atoms with Gasteiger partial charge >= 0.3 is 6.03 Å². The summed E-state index contributed by atoms with van der Waals surface area (Å²) in [6.07, 6.45) is 13.0. The van der Waals surface area contributed by atoms with E-state index in [-0.39, 0.29) is 60.0 Å². The molecule has 10 rings (SSSR count). The normalized spacial score (nSPS) is 26.5. The van der Waals surface area contributed by atoms with E-state index < -0.39 is 6.04 Å². The zero-order chi connectivity index (χ0) is 47.2. The van der Waals surface area contributed by atoms with Crippen molar-refractivity contribution in [2.75, 3.05) is 90.7 Å². The molecule has 6 atom stereocenters. The molecule has 0 saturated carbocycles. The number of fused-ring (bicyclic) bond motifs is 5. The lowest BCUT2D eigenvalue weighted by Gasteiger charge is -2.36. The van der Waals surface area contributed by atoms with Gasteiger partial charge in [-0.1, -0.05) is 33.8 Å². The standard InChI is InChI=1S/C52H74N10O6/c1-32(2)37(29-45(63)59-20-24-67-25-21-59)50(64)61-16-6-8-40(61)38-28-35(30-53-38)36-10-11-43(47-42-13-12-41(46(36)47)57(42)5)58-18-14-34(15-19-58)39-31-54-49(55-39)44-9-7-17-62(44)51(65)48(33(3)4)56-52(66)60-22-26-68-27-23-60/h10-11,30-34,37,40-42,44,48H,6-9,12-29H2,1-5H3,(H,54,55)(H,56,66)/t37-,40+,41?,42?,44+,48-/m1/s1. The van der Waals surface area contributed by atoms with Crippen molar-refractivity contribution in [1.29, 1.82) is 0 Å². The fourth-order valence-electron chi connectivity index (χ4n) is 12.8. The number of benzene rings is 1. The molecule has 368 valence electrons. The van der Waals surface area contributed by atoms with Crippen LogP contribution in [0, 0.1) is 17.8 Å². The number of aliphatic imine (C=N–C) groups is 1. The Hall–Kier alpha value is -4.80. The third-order valence-corrected chi connectivity index (χ3v) is 16.8. The Bertz CT molecular complexity index is 2270. The van der Waals surface area contributed by atoms with Crippen LogP contribution in [0.15, 0.2) is 29.5 Å². The number of likely N-dealkylation sites (tertiary alicyclic amines) is 2. The molecule has 5 amide bonds. The predicted octanol–water partition coefficient (Wildman–Crippen LogP) is 6.04. The smallest absolute Gasteiger partial charge is 0.318 e. The van der Waals surface area contributed by atoms with Gasteiger partial charge in [-0.2, -0.15) is 0 Å². The lowest BCUT2D eigenvalue weighted by molar-refractivity contribution is -0.144. The highest BCUT2D eigenvalue weighted by Crippen LogP contribution is 2.57. The lowest BCUT2D eigenvalue weighted by Crippen LogP contribution is -2.55. The third kappa shape index (κ3) is 8.98. The molecule has 0 aliphatic carbocycles. The maximum absolute atomic E-state index is 14.3. The van der Waals surface area contributed by atoms with Gasteiger partial charge in [-0.05, 0) is 98.6 Å². The summed E-state index contributed by atoms with van der Waals surface area (Å²) in [6, 6.07) is 4.53. The molecule has 0 radical (unpaired) electrons. The Kier molecular flexibility index (Phi) is 13.7. The van der Waals surface area contributed by atoms with Crippen LogP contribution in [0.5, 0.6) is 0 Å². The van der Waals surface area contributed by atoms with E-state index in [0.29, 0.717) is 83.7 Å². The average molecular weight is 935 g/mol. The monoisotopic (exact) mass is 935 g/mol. The molecule has 1 aromatic heterocycles. The number of hydrogen-bond donors (Lipinski definition) is 2. The number of morpholine rings is 2. The summed E-state index contributed by atoms with van der Waals surface area (Å²) in [4.78, 5) is 81.3. The molecule has 2 bridgehead atoms. The van der Waals surface area contributed by atoms with E-state index in [1.165, 1.54) is 34.4 Å². The molecular weight excluding hydrogens is 861 g/mol. The van der Waals surface area contributed by atoms with Crippen LogP contribution in [0.4, 0.5) is 10.5 Å². The quantitative estimate of drug-likeness (QED) is 0.259. The molecule has 0 spiro atoms. The topological polar surface area (TPSA) is 159 Å². The van der Waals surface area contributed by atoms with Gasteiger partial charge < -0.3 is 44.3 Å². The molecule has 8 aliphatic heterocycles. The number of hydrogen-bond acceptors (Lipinski definition) is 10. The van der Waals surface area contributed by atoms with Gasteiger partial charge in [0.25, 0.3) is 0 Å². The fourth-order valence-corrected chi connectivity index (χ4v) is 12.8. The first-order valence-corrected chi connectivity index (χ1v) is 26.0. The summed E-state index contributed by atoms with van der Waals surface area (Å²) in [5.41, 5.74) is 9.11. The van der Waals surface area contributed by atoms with Gasteiger partial charge in [0, 0.05) is 119 Å². The number of H-pyrrole nitrogens is 1. The maximum Gasteiger partial charge on any atom is 0.318 e. The summed E-state index contributed by atoms with van der Waals surface area (Å²) in [5, 5.41) is 3.06. The second-order valence-corrected chi connectivity index (χ2v) is 21.4. The van der Waals surface area contributed by atoms with Gasteiger partial charge in [-0.3, -0.25) is 24.3 Å². The summed E-state index contributed by atoms with van der Waals surface area (Å²) in [7, 11) is 2.30. The van der Waals surface area contributed by atoms with Crippen LogP contribution in [0.25, 0.3) is 5.57 Å². The number of aromatic nitrogens is 2. The zero-order valence-corrected chi connectivity index (χ0v) is 41.1. The van der Waals surface area contributed by atoms with Crippen molar-refractivity contribution in [3.8, 4) is 0 Å². The molecule has 8 aliphatic rings. The van der Waals surface area contributed by atoms with Crippen LogP contribution in [-0.4, -0.2) is 162 Å². The van der Waals surface area contributed by atoms with Crippen molar-refractivity contribution in [3.63, 3.8) is 0 Å². The molecule has 16 heteroatoms. The van der Waals surface area contributed by atoms with Crippen LogP contribution in [0.3, 0.4) is 0 Å². The molecule has 2 unspecified atom stereocenters. The van der Waals surface area contributed by atoms with Crippen molar-refractivity contribution in [3.05, 3.63) is 52.7 Å². The predicted molar refractivity (Wildman–Crippen MR) is 260 cm³/mol. The van der Waals surface area contributed by atoms with Crippen molar-refractivity contribution in [1.82, 2.24) is 39.8 Å². The van der Waals surface area contributed by atoms with E-state index in [9.17, 15) is 19.2 Å². The zero-order valence-electron chi connectivity index (χ0n) is 41.1. The minimum absolute atomic E-state index is 0.0356. The van der Waals surface area contributed by atoms with Crippen molar-refractivity contribution in [2.24, 2.45) is 22.7 Å². The number of nitrogens with zero attached hydrogens (tertiary/aromatic N) is 8. The van der Waals surface area contributed by atoms with Crippen LogP contribution < -0.4 is 10.2 Å². The largest absolute Gasteiger partial charge is 0.378 e. The Labute approximate surface area is 402 Å². The summed E-state index contributed by atoms with van der Waals surface area (Å²) in [6.45, 7) is 15.8. The van der Waals surface area contributed by atoms with E-state index in [4.69, 9.17) is 19.5 Å². The second kappa shape index (κ2) is 19.9. The molecule has 68 heavy (non-hydrogen) atoms. The maximum atomic E-state index is 14.3. The first-order valence-electron chi connectivity index (χ1n) is 26.0. The number of piperidine rings is 1. The van der Waals surface area contributed by atoms with Gasteiger partial charge in [-0.15, -0.1) is 0 Å². The Balaban J connectivity index is 0.787. The average Bonchev–Trinajstić information content (AvgIpc) is 4.24. The van der Waals surface area contributed by atoms with E-state index in [0.717, 1.165) is 81.7 Å². The highest BCUT2D eigenvalue weighted by Gasteiger charge is 2.47. The Morgan fingerprint density at radius 2 is 1.38 bits per heavy atom. The minimum atomic E-state index is -0.607. The van der Waals surface area contributed by atoms with Crippen LogP contribution in [-0.2, 0) is 23.9 Å². The van der Waals surface area contributed by atoms with Crippen LogP contribution >= 0.6 is 0 Å². The molecular formula is C52H74N10O6. The number of urea groups is 1. The number of rotatable bonds is 12. The van der Waals surface area contributed by atoms with E-state index in [1.54, 1.807) is 4.90 Å². The number of anilines is 1. The lowest BCUT2D eigenvalue weighted by atomic mass is 9.83. The molecule has 6 fully saturated rings. The van der Waals surface area contributed by atoms with Gasteiger partial charge in [0.1, 0.15) is 11.9 Å². The first kappa shape index (κ1) is 46.9. The van der Waals surface area contributed by atoms with Crippen molar-refractivity contribution < 1.29 is 28.7 Å². The number of amides is 5. The number of nitrogens with one attached hydrogen (secondary N) is 2. The number of allylic oxidation sites excluding steroid dienone is 1. The Morgan fingerprint density at radius 1 is 0.735 bits per heavy atom. The second-order valence-electron chi connectivity index (χ2n) is 21.4. The highest BCUT2D eigenvalue weighted by molar-refractivity contribution is 6.04. The SMILES string of the molecule is CC(C)[C@@H](CC(=O)N1CCOCC1)C(=O)N1CCC[C@H]1C1=NC=C(c2ccc(N3CCC(c4cnc([C@@H]5CCCN5C(=O)[C@H](NC(=O)N5CCOCC5)C(C)C)[nH]4)CC3)c3c2C2CCC3N2C)C1. The van der Waals surface area contributed by atoms with Gasteiger partial charge in [0.05, 0.1) is 38.5 Å². The minimum Gasteiger partial charge on any atom is -0.378 e. The Morgan fingerprint density at radius 3 is 2.06 bits per heavy atom. The molecule has 6 saturated heterocycles. The molecule has 2 aromatic rings. The summed E-state index contributed by atoms with van der Waals surface area (Å²) < 4.78 is 10.9. The van der Waals surface area contributed by atoms with Gasteiger partial charge in [0.15, 0.2) is 0 Å². The van der Waals surface area contributed by atoms with Crippen LogP contribution in [0.1, 0.15) is 144 Å². The number of carbonyl (C=O) groups is 4. The van der Waals surface area contributed by atoms with Gasteiger partial charge in [-0.25, -0.2) is 9.78 Å². The molecule has 9 heterocycles.